The van der Waals surface area contributed by atoms with Crippen LogP contribution in [0.5, 0.6) is 0 Å². The topological polar surface area (TPSA) is 30.5 Å². The molecule has 0 saturated carbocycles. The highest BCUT2D eigenvalue weighted by atomic mass is 16.5. The SMILES string of the molecule is CC.CCOCc1ccc(CNCCCCOC(C)C)cc1. The Labute approximate surface area is 137 Å². The predicted molar refractivity (Wildman–Crippen MR) is 95.1 cm³/mol. The van der Waals surface area contributed by atoms with Crippen LogP contribution in [0.2, 0.25) is 0 Å². The maximum absolute atomic E-state index is 5.51. The number of unbranched alkanes of at least 4 members (excludes halogenated alkanes) is 1. The molecule has 0 aliphatic heterocycles. The maximum atomic E-state index is 5.51. The average molecular weight is 309 g/mol. The van der Waals surface area contributed by atoms with Crippen molar-refractivity contribution in [2.24, 2.45) is 0 Å². The van der Waals surface area contributed by atoms with Crippen LogP contribution in [0, 0.1) is 0 Å². The normalized spacial score (nSPS) is 10.5. The van der Waals surface area contributed by atoms with Gasteiger partial charge in [-0.1, -0.05) is 38.1 Å². The van der Waals surface area contributed by atoms with E-state index in [1.165, 1.54) is 11.1 Å². The molecule has 0 atom stereocenters. The minimum Gasteiger partial charge on any atom is -0.379 e. The van der Waals surface area contributed by atoms with Crippen LogP contribution in [0.1, 0.15) is 58.6 Å². The van der Waals surface area contributed by atoms with Gasteiger partial charge in [0.15, 0.2) is 0 Å². The lowest BCUT2D eigenvalue weighted by Crippen LogP contribution is -2.15. The standard InChI is InChI=1S/C17H29NO2.C2H6/c1-4-19-14-17-9-7-16(8-10-17)13-18-11-5-6-12-20-15(2)3;1-2/h7-10,15,18H,4-6,11-14H2,1-3H3;1-2H3. The molecule has 0 amide bonds. The lowest BCUT2D eigenvalue weighted by atomic mass is 10.1. The summed E-state index contributed by atoms with van der Waals surface area (Å²) in [6.07, 6.45) is 2.63. The number of hydrogen-bond acceptors (Lipinski definition) is 3. The van der Waals surface area contributed by atoms with Gasteiger partial charge in [0.05, 0.1) is 12.7 Å². The van der Waals surface area contributed by atoms with Crippen LogP contribution in [-0.2, 0) is 22.6 Å². The molecule has 22 heavy (non-hydrogen) atoms. The lowest BCUT2D eigenvalue weighted by Gasteiger charge is -2.08. The zero-order chi connectivity index (χ0) is 16.6. The number of ether oxygens (including phenoxy) is 2. The molecule has 1 rings (SSSR count). The molecular weight excluding hydrogens is 274 g/mol. The van der Waals surface area contributed by atoms with Gasteiger partial charge in [0.2, 0.25) is 0 Å². The number of benzene rings is 1. The van der Waals surface area contributed by atoms with E-state index in [1.807, 2.05) is 20.8 Å². The third-order valence-corrected chi connectivity index (χ3v) is 3.02. The summed E-state index contributed by atoms with van der Waals surface area (Å²) in [6, 6.07) is 8.62. The highest BCUT2D eigenvalue weighted by molar-refractivity contribution is 5.21. The summed E-state index contributed by atoms with van der Waals surface area (Å²) in [5.74, 6) is 0. The van der Waals surface area contributed by atoms with Crippen LogP contribution in [0.15, 0.2) is 24.3 Å². The lowest BCUT2D eigenvalue weighted by molar-refractivity contribution is 0.0760. The van der Waals surface area contributed by atoms with Crippen LogP contribution in [0.4, 0.5) is 0 Å². The van der Waals surface area contributed by atoms with Gasteiger partial charge in [0.1, 0.15) is 0 Å². The molecule has 0 aliphatic carbocycles. The summed E-state index contributed by atoms with van der Waals surface area (Å²) >= 11 is 0. The number of rotatable bonds is 11. The second-order valence-electron chi connectivity index (χ2n) is 5.26. The molecule has 1 N–H and O–H groups in total. The van der Waals surface area contributed by atoms with Crippen molar-refractivity contribution in [3.05, 3.63) is 35.4 Å². The summed E-state index contributed by atoms with van der Waals surface area (Å²) < 4.78 is 10.9. The second-order valence-corrected chi connectivity index (χ2v) is 5.26. The van der Waals surface area contributed by atoms with Crippen LogP contribution in [0.3, 0.4) is 0 Å². The third kappa shape index (κ3) is 11.7. The Hall–Kier alpha value is -0.900. The van der Waals surface area contributed by atoms with Crippen LogP contribution < -0.4 is 5.32 Å². The fourth-order valence-corrected chi connectivity index (χ4v) is 1.88. The van der Waals surface area contributed by atoms with E-state index in [-0.39, 0.29) is 0 Å². The Morgan fingerprint density at radius 1 is 1.00 bits per heavy atom. The van der Waals surface area contributed by atoms with Gasteiger partial charge in [0.25, 0.3) is 0 Å². The highest BCUT2D eigenvalue weighted by Crippen LogP contribution is 2.05. The van der Waals surface area contributed by atoms with Gasteiger partial charge in [-0.25, -0.2) is 0 Å². The molecule has 0 bridgehead atoms. The number of nitrogens with one attached hydrogen (secondary N) is 1. The molecular formula is C19H35NO2. The van der Waals surface area contributed by atoms with Gasteiger partial charge in [-0.2, -0.15) is 0 Å². The molecule has 3 nitrogen and oxygen atoms in total. The van der Waals surface area contributed by atoms with Gasteiger partial charge in [0, 0.05) is 19.8 Å². The average Bonchev–Trinajstić information content (AvgIpc) is 2.54. The summed E-state index contributed by atoms with van der Waals surface area (Å²) in [5.41, 5.74) is 2.56. The molecule has 0 spiro atoms. The van der Waals surface area contributed by atoms with Gasteiger partial charge in [-0.15, -0.1) is 0 Å². The monoisotopic (exact) mass is 309 g/mol. The molecule has 0 radical (unpaired) electrons. The van der Waals surface area contributed by atoms with Crippen molar-refractivity contribution >= 4 is 0 Å². The molecule has 1 aromatic rings. The number of hydrogen-bond donors (Lipinski definition) is 1. The zero-order valence-corrected chi connectivity index (χ0v) is 15.2. The predicted octanol–water partition coefficient (Wildman–Crippen LogP) is 4.54. The van der Waals surface area contributed by atoms with Crippen LogP contribution in [0.25, 0.3) is 0 Å². The van der Waals surface area contributed by atoms with Gasteiger partial charge in [-0.3, -0.25) is 0 Å². The maximum Gasteiger partial charge on any atom is 0.0716 e. The summed E-state index contributed by atoms with van der Waals surface area (Å²) in [5, 5.41) is 3.47. The van der Waals surface area contributed by atoms with Crippen molar-refractivity contribution < 1.29 is 9.47 Å². The first-order valence-corrected chi connectivity index (χ1v) is 8.70. The Kier molecular flexibility index (Phi) is 14.4. The van der Waals surface area contributed by atoms with E-state index in [9.17, 15) is 0 Å². The summed E-state index contributed by atoms with van der Waals surface area (Å²) in [4.78, 5) is 0. The molecule has 0 heterocycles. The highest BCUT2D eigenvalue weighted by Gasteiger charge is 1.96. The van der Waals surface area contributed by atoms with Crippen molar-refractivity contribution in [1.82, 2.24) is 5.32 Å². The quantitative estimate of drug-likeness (QED) is 0.609. The Morgan fingerprint density at radius 2 is 1.64 bits per heavy atom. The van der Waals surface area contributed by atoms with E-state index < -0.39 is 0 Å². The van der Waals surface area contributed by atoms with Crippen molar-refractivity contribution in [1.29, 1.82) is 0 Å². The van der Waals surface area contributed by atoms with E-state index in [4.69, 9.17) is 9.47 Å². The first-order valence-electron chi connectivity index (χ1n) is 8.70. The van der Waals surface area contributed by atoms with E-state index in [0.717, 1.165) is 39.1 Å². The van der Waals surface area contributed by atoms with E-state index in [0.29, 0.717) is 12.7 Å². The fourth-order valence-electron chi connectivity index (χ4n) is 1.88. The molecule has 0 unspecified atom stereocenters. The van der Waals surface area contributed by atoms with Gasteiger partial charge in [-0.05, 0) is 51.3 Å². The Bertz CT molecular complexity index is 336. The Balaban J connectivity index is 0.00000211. The van der Waals surface area contributed by atoms with Crippen molar-refractivity contribution in [3.8, 4) is 0 Å². The smallest absolute Gasteiger partial charge is 0.0716 e. The van der Waals surface area contributed by atoms with E-state index >= 15 is 0 Å². The third-order valence-electron chi connectivity index (χ3n) is 3.02. The summed E-state index contributed by atoms with van der Waals surface area (Å²) in [6.45, 7) is 14.5. The molecule has 3 heteroatoms. The van der Waals surface area contributed by atoms with Crippen molar-refractivity contribution in [3.63, 3.8) is 0 Å². The minimum atomic E-state index is 0.346. The van der Waals surface area contributed by atoms with Crippen molar-refractivity contribution in [2.75, 3.05) is 19.8 Å². The van der Waals surface area contributed by atoms with Crippen LogP contribution >= 0.6 is 0 Å². The second kappa shape index (κ2) is 15.0. The zero-order valence-electron chi connectivity index (χ0n) is 15.2. The molecule has 0 aromatic heterocycles. The van der Waals surface area contributed by atoms with E-state index in [1.54, 1.807) is 0 Å². The largest absolute Gasteiger partial charge is 0.379 e. The molecule has 0 saturated heterocycles. The minimum absolute atomic E-state index is 0.346. The molecule has 1 aromatic carbocycles. The molecule has 0 fully saturated rings. The first-order chi connectivity index (χ1) is 10.7. The first kappa shape index (κ1) is 21.1. The van der Waals surface area contributed by atoms with Gasteiger partial charge >= 0.3 is 0 Å². The van der Waals surface area contributed by atoms with Crippen molar-refractivity contribution in [2.45, 2.75) is 66.7 Å². The Morgan fingerprint density at radius 3 is 2.23 bits per heavy atom. The van der Waals surface area contributed by atoms with Crippen LogP contribution in [-0.4, -0.2) is 25.9 Å². The molecule has 0 aliphatic rings. The van der Waals surface area contributed by atoms with Gasteiger partial charge < -0.3 is 14.8 Å². The van der Waals surface area contributed by atoms with E-state index in [2.05, 4.69) is 43.4 Å². The molecule has 128 valence electrons. The fraction of sp³-hybridized carbons (Fsp3) is 0.684. The summed E-state index contributed by atoms with van der Waals surface area (Å²) in [7, 11) is 0.